The minimum atomic E-state index is -0.391. The summed E-state index contributed by atoms with van der Waals surface area (Å²) in [5.74, 6) is 0.691. The maximum Gasteiger partial charge on any atom is 0.227 e. The second-order valence-corrected chi connectivity index (χ2v) is 9.56. The lowest BCUT2D eigenvalue weighted by Crippen LogP contribution is -2.13. The van der Waals surface area contributed by atoms with Crippen LogP contribution in [0.1, 0.15) is 12.8 Å². The van der Waals surface area contributed by atoms with Crippen molar-refractivity contribution < 1.29 is 13.9 Å². The molecule has 0 atom stereocenters. The van der Waals surface area contributed by atoms with Crippen molar-refractivity contribution in [3.63, 3.8) is 0 Å². The number of fused-ring (bicyclic) bond motifs is 2. The number of pyridine rings is 2. The first-order valence-corrected chi connectivity index (χ1v) is 12.5. The average molecular weight is 520 g/mol. The SMILES string of the molecule is COc1cc(F)cc(-c2cccc3[nH]c(-c4n[nH]c5ccc(-c6cncc(NC(=O)C7CC7)c6)nc45)nc23)c1. The molecule has 192 valence electrons. The highest BCUT2D eigenvalue weighted by atomic mass is 19.1. The number of imidazole rings is 1. The monoisotopic (exact) mass is 519 g/mol. The predicted octanol–water partition coefficient (Wildman–Crippen LogP) is 5.73. The number of amides is 1. The maximum absolute atomic E-state index is 14.3. The zero-order valence-electron chi connectivity index (χ0n) is 20.8. The number of rotatable bonds is 6. The van der Waals surface area contributed by atoms with Gasteiger partial charge in [0.1, 0.15) is 17.1 Å². The van der Waals surface area contributed by atoms with Gasteiger partial charge >= 0.3 is 0 Å². The molecule has 1 aliphatic rings. The normalized spacial score (nSPS) is 13.2. The molecule has 9 nitrogen and oxygen atoms in total. The smallest absolute Gasteiger partial charge is 0.227 e. The first-order chi connectivity index (χ1) is 19.1. The lowest BCUT2D eigenvalue weighted by Gasteiger charge is -2.06. The highest BCUT2D eigenvalue weighted by Gasteiger charge is 2.29. The highest BCUT2D eigenvalue weighted by molar-refractivity contribution is 5.97. The van der Waals surface area contributed by atoms with Crippen LogP contribution in [-0.4, -0.2) is 43.2 Å². The number of ether oxygens (including phenoxy) is 1. The molecule has 6 aromatic rings. The molecule has 0 aliphatic heterocycles. The van der Waals surface area contributed by atoms with Crippen LogP contribution in [0.3, 0.4) is 0 Å². The molecule has 10 heteroatoms. The molecular weight excluding hydrogens is 497 g/mol. The lowest BCUT2D eigenvalue weighted by atomic mass is 10.0. The van der Waals surface area contributed by atoms with Crippen molar-refractivity contribution >= 4 is 33.7 Å². The van der Waals surface area contributed by atoms with Gasteiger partial charge < -0.3 is 15.0 Å². The van der Waals surface area contributed by atoms with Crippen LogP contribution < -0.4 is 10.1 Å². The van der Waals surface area contributed by atoms with Gasteiger partial charge in [0.25, 0.3) is 0 Å². The number of hydrogen-bond donors (Lipinski definition) is 3. The number of aromatic amines is 2. The summed E-state index contributed by atoms with van der Waals surface area (Å²) in [7, 11) is 1.51. The number of methoxy groups -OCH3 is 1. The van der Waals surface area contributed by atoms with Gasteiger partial charge in [-0.15, -0.1) is 0 Å². The molecular formula is C29H22FN7O2. The quantitative estimate of drug-likeness (QED) is 0.259. The first-order valence-electron chi connectivity index (χ1n) is 12.5. The minimum Gasteiger partial charge on any atom is -0.497 e. The fourth-order valence-electron chi connectivity index (χ4n) is 4.68. The number of carbonyl (C=O) groups excluding carboxylic acids is 1. The van der Waals surface area contributed by atoms with Gasteiger partial charge in [-0.05, 0) is 54.8 Å². The largest absolute Gasteiger partial charge is 0.497 e. The standard InChI is InChI=1S/C29H22FN7O2/c1-39-20-11-16(9-18(30)12-20)21-3-2-4-23-25(21)35-28(34-23)27-26-24(36-37-27)8-7-22(33-26)17-10-19(14-31-13-17)32-29(38)15-5-6-15/h2-4,7-15H,5-6H2,1H3,(H,32,38)(H,34,35)(H,36,37). The number of nitrogens with zero attached hydrogens (tertiary/aromatic N) is 4. The summed E-state index contributed by atoms with van der Waals surface area (Å²) in [6.45, 7) is 0. The predicted molar refractivity (Wildman–Crippen MR) is 146 cm³/mol. The lowest BCUT2D eigenvalue weighted by molar-refractivity contribution is -0.117. The number of hydrogen-bond acceptors (Lipinski definition) is 6. The Bertz CT molecular complexity index is 1890. The third kappa shape index (κ3) is 4.25. The molecule has 0 unspecified atom stereocenters. The van der Waals surface area contributed by atoms with E-state index in [0.29, 0.717) is 45.2 Å². The molecule has 0 radical (unpaired) electrons. The Hall–Kier alpha value is -5.12. The van der Waals surface area contributed by atoms with Gasteiger partial charge in [-0.3, -0.25) is 14.9 Å². The van der Waals surface area contributed by atoms with E-state index in [4.69, 9.17) is 14.7 Å². The average Bonchev–Trinajstić information content (AvgIpc) is 3.58. The van der Waals surface area contributed by atoms with E-state index in [9.17, 15) is 9.18 Å². The number of nitrogens with one attached hydrogen (secondary N) is 3. The Labute approximate surface area is 221 Å². The molecule has 7 rings (SSSR count). The summed E-state index contributed by atoms with van der Waals surface area (Å²) in [6.07, 6.45) is 5.20. The topological polar surface area (TPSA) is 121 Å². The van der Waals surface area contributed by atoms with E-state index in [2.05, 4.69) is 25.5 Å². The molecule has 3 N–H and O–H groups in total. The summed E-state index contributed by atoms with van der Waals surface area (Å²) in [6, 6.07) is 15.9. The highest BCUT2D eigenvalue weighted by Crippen LogP contribution is 2.34. The van der Waals surface area contributed by atoms with Crippen molar-refractivity contribution in [1.29, 1.82) is 0 Å². The molecule has 0 bridgehead atoms. The molecule has 1 fully saturated rings. The van der Waals surface area contributed by atoms with E-state index in [1.54, 1.807) is 18.5 Å². The van der Waals surface area contributed by atoms with Gasteiger partial charge in [-0.25, -0.2) is 14.4 Å². The Balaban J connectivity index is 1.28. The van der Waals surface area contributed by atoms with E-state index in [1.165, 1.54) is 19.2 Å². The molecule has 4 heterocycles. The number of halogens is 1. The van der Waals surface area contributed by atoms with Crippen LogP contribution in [0.4, 0.5) is 10.1 Å². The van der Waals surface area contributed by atoms with Gasteiger partial charge in [0, 0.05) is 29.3 Å². The molecule has 4 aromatic heterocycles. The van der Waals surface area contributed by atoms with Crippen LogP contribution >= 0.6 is 0 Å². The van der Waals surface area contributed by atoms with Gasteiger partial charge in [0.05, 0.1) is 41.2 Å². The number of benzene rings is 2. The van der Waals surface area contributed by atoms with E-state index < -0.39 is 5.82 Å². The summed E-state index contributed by atoms with van der Waals surface area (Å²) in [4.78, 5) is 29.5. The van der Waals surface area contributed by atoms with Crippen molar-refractivity contribution in [2.45, 2.75) is 12.8 Å². The Kier molecular flexibility index (Phi) is 5.32. The Morgan fingerprint density at radius 3 is 2.74 bits per heavy atom. The van der Waals surface area contributed by atoms with Gasteiger partial charge in [0.2, 0.25) is 5.91 Å². The van der Waals surface area contributed by atoms with Crippen LogP contribution in [-0.2, 0) is 4.79 Å². The van der Waals surface area contributed by atoms with Crippen LogP contribution in [0, 0.1) is 11.7 Å². The Morgan fingerprint density at radius 1 is 1.00 bits per heavy atom. The van der Waals surface area contributed by atoms with Crippen molar-refractivity contribution in [1.82, 2.24) is 30.1 Å². The molecule has 2 aromatic carbocycles. The van der Waals surface area contributed by atoms with Crippen molar-refractivity contribution in [2.24, 2.45) is 5.92 Å². The number of para-hydroxylation sites is 1. The molecule has 0 saturated heterocycles. The maximum atomic E-state index is 14.3. The summed E-state index contributed by atoms with van der Waals surface area (Å²) >= 11 is 0. The van der Waals surface area contributed by atoms with E-state index >= 15 is 0 Å². The molecule has 39 heavy (non-hydrogen) atoms. The van der Waals surface area contributed by atoms with E-state index in [0.717, 1.165) is 35.0 Å². The van der Waals surface area contributed by atoms with Crippen molar-refractivity contribution in [2.75, 3.05) is 12.4 Å². The fourth-order valence-corrected chi connectivity index (χ4v) is 4.68. The van der Waals surface area contributed by atoms with E-state index in [-0.39, 0.29) is 11.8 Å². The molecule has 1 saturated carbocycles. The summed E-state index contributed by atoms with van der Waals surface area (Å²) in [5, 5.41) is 10.4. The Morgan fingerprint density at radius 2 is 1.90 bits per heavy atom. The van der Waals surface area contributed by atoms with Gasteiger partial charge in [0.15, 0.2) is 11.5 Å². The van der Waals surface area contributed by atoms with Crippen LogP contribution in [0.2, 0.25) is 0 Å². The van der Waals surface area contributed by atoms with Crippen molar-refractivity contribution in [3.05, 3.63) is 72.8 Å². The van der Waals surface area contributed by atoms with Crippen LogP contribution in [0.25, 0.3) is 56.0 Å². The number of anilines is 1. The number of aromatic nitrogens is 6. The van der Waals surface area contributed by atoms with Crippen molar-refractivity contribution in [3.8, 4) is 39.7 Å². The zero-order valence-corrected chi connectivity index (χ0v) is 20.8. The zero-order chi connectivity index (χ0) is 26.5. The number of H-pyrrole nitrogens is 2. The van der Waals surface area contributed by atoms with Gasteiger partial charge in [-0.2, -0.15) is 5.10 Å². The second-order valence-electron chi connectivity index (χ2n) is 9.56. The van der Waals surface area contributed by atoms with Crippen LogP contribution in [0.5, 0.6) is 5.75 Å². The second kappa shape index (κ2) is 9.02. The summed E-state index contributed by atoms with van der Waals surface area (Å²) < 4.78 is 19.5. The first kappa shape index (κ1) is 23.0. The molecule has 0 spiro atoms. The molecule has 1 aliphatic carbocycles. The fraction of sp³-hybridized carbons (Fsp3) is 0.138. The third-order valence-electron chi connectivity index (χ3n) is 6.81. The number of carbonyl (C=O) groups is 1. The van der Waals surface area contributed by atoms with Gasteiger partial charge in [-0.1, -0.05) is 12.1 Å². The van der Waals surface area contributed by atoms with E-state index in [1.807, 2.05) is 36.4 Å². The van der Waals surface area contributed by atoms with Crippen LogP contribution in [0.15, 0.2) is 67.0 Å². The third-order valence-corrected chi connectivity index (χ3v) is 6.81. The minimum absolute atomic E-state index is 0.0235. The summed E-state index contributed by atoms with van der Waals surface area (Å²) in [5.41, 5.74) is 6.89. The molecule has 1 amide bonds.